The first-order chi connectivity index (χ1) is 16.6. The molecule has 0 spiro atoms. The Hall–Kier alpha value is -3.02. The molecule has 1 saturated carbocycles. The molecule has 3 N–H and O–H groups in total. The fraction of sp³-hybridized carbons (Fsp3) is 0.565. The van der Waals surface area contributed by atoms with Crippen LogP contribution in [-0.4, -0.2) is 72.5 Å². The number of pyridine rings is 1. The number of halogens is 4. The number of hydrogen-bond acceptors (Lipinski definition) is 6. The Labute approximate surface area is 202 Å². The normalized spacial score (nSPS) is 18.7. The molecule has 0 unspecified atom stereocenters. The van der Waals surface area contributed by atoms with Crippen molar-refractivity contribution in [2.75, 3.05) is 33.2 Å². The van der Waals surface area contributed by atoms with Gasteiger partial charge < -0.3 is 16.0 Å². The zero-order valence-electron chi connectivity index (χ0n) is 19.7. The van der Waals surface area contributed by atoms with Crippen LogP contribution in [0.2, 0.25) is 0 Å². The molecule has 12 heteroatoms. The van der Waals surface area contributed by atoms with Gasteiger partial charge in [0.05, 0.1) is 24.3 Å². The monoisotopic (exact) mass is 497 g/mol. The number of piperidine rings is 1. The van der Waals surface area contributed by atoms with Crippen molar-refractivity contribution in [3.8, 4) is 0 Å². The summed E-state index contributed by atoms with van der Waals surface area (Å²) in [6, 6.07) is 2.28. The summed E-state index contributed by atoms with van der Waals surface area (Å²) in [5, 5.41) is 3.03. The lowest BCUT2D eigenvalue weighted by Crippen LogP contribution is -2.41. The van der Waals surface area contributed by atoms with Gasteiger partial charge in [0.15, 0.2) is 11.7 Å². The van der Waals surface area contributed by atoms with Crippen LogP contribution in [0.5, 0.6) is 0 Å². The number of carbonyl (C=O) groups is 1. The predicted octanol–water partition coefficient (Wildman–Crippen LogP) is 2.72. The number of hydrogen-bond donors (Lipinski definition) is 2. The number of aromatic nitrogens is 1. The molecule has 1 amide bonds. The van der Waals surface area contributed by atoms with Gasteiger partial charge in [-0.25, -0.2) is 4.99 Å². The Balaban J connectivity index is 1.66. The molecule has 1 aliphatic heterocycles. The number of carbonyl (C=O) groups excluding carboxylic acids is 1. The molecule has 1 aliphatic carbocycles. The number of primary amides is 1. The van der Waals surface area contributed by atoms with Crippen molar-refractivity contribution < 1.29 is 22.4 Å². The van der Waals surface area contributed by atoms with Crippen LogP contribution in [0.1, 0.15) is 36.9 Å². The van der Waals surface area contributed by atoms with E-state index in [1.807, 2.05) is 4.90 Å². The van der Waals surface area contributed by atoms with Crippen LogP contribution in [0.3, 0.4) is 0 Å². The summed E-state index contributed by atoms with van der Waals surface area (Å²) in [7, 11) is 1.46. The van der Waals surface area contributed by atoms with Crippen molar-refractivity contribution in [2.45, 2.75) is 44.4 Å². The van der Waals surface area contributed by atoms with Gasteiger partial charge in [-0.1, -0.05) is 0 Å². The third-order valence-corrected chi connectivity index (χ3v) is 6.16. The molecule has 0 radical (unpaired) electrons. The number of amidine groups is 1. The molecule has 0 aromatic carbocycles. The minimum Gasteiger partial charge on any atom is -0.369 e. The highest BCUT2D eigenvalue weighted by atomic mass is 19.4. The van der Waals surface area contributed by atoms with Crippen molar-refractivity contribution in [3.63, 3.8) is 0 Å². The van der Waals surface area contributed by atoms with Crippen LogP contribution in [0.4, 0.5) is 17.6 Å². The van der Waals surface area contributed by atoms with E-state index in [0.29, 0.717) is 12.2 Å². The molecule has 192 valence electrons. The highest BCUT2D eigenvalue weighted by Gasteiger charge is 2.35. The molecule has 2 fully saturated rings. The number of aliphatic imine (C=N–C) groups is 2. The second-order valence-corrected chi connectivity index (χ2v) is 8.83. The Morgan fingerprint density at radius 3 is 2.46 bits per heavy atom. The van der Waals surface area contributed by atoms with Gasteiger partial charge in [-0.15, -0.1) is 0 Å². The average Bonchev–Trinajstić information content (AvgIpc) is 3.65. The first kappa shape index (κ1) is 26.6. The molecule has 1 aromatic heterocycles. The van der Waals surface area contributed by atoms with Gasteiger partial charge in [-0.05, 0) is 63.5 Å². The maximum atomic E-state index is 15.5. The second-order valence-electron chi connectivity index (χ2n) is 8.83. The molecular formula is C23H31F4N7O. The molecule has 2 aliphatic rings. The zero-order valence-corrected chi connectivity index (χ0v) is 19.7. The van der Waals surface area contributed by atoms with E-state index < -0.39 is 17.6 Å². The van der Waals surface area contributed by atoms with Gasteiger partial charge in [-0.2, -0.15) is 17.6 Å². The Kier molecular flexibility index (Phi) is 8.82. The van der Waals surface area contributed by atoms with Crippen molar-refractivity contribution in [1.82, 2.24) is 20.1 Å². The lowest BCUT2D eigenvalue weighted by atomic mass is 9.97. The lowest BCUT2D eigenvalue weighted by Gasteiger charge is -2.31. The Morgan fingerprint density at radius 2 is 1.97 bits per heavy atom. The Morgan fingerprint density at radius 1 is 1.29 bits per heavy atom. The third-order valence-electron chi connectivity index (χ3n) is 6.16. The Bertz CT molecular complexity index is 950. The minimum atomic E-state index is -4.47. The van der Waals surface area contributed by atoms with Crippen LogP contribution in [0.15, 0.2) is 40.0 Å². The van der Waals surface area contributed by atoms with E-state index in [2.05, 4.69) is 27.0 Å². The van der Waals surface area contributed by atoms with Gasteiger partial charge >= 0.3 is 6.18 Å². The SMILES string of the molecule is C=N/C(NCC1CCN(CC(N)=O)CC1)=C(/F)C(=NC)N(Cc1ccc(C(F)(F)F)cn1)C1CC1. The molecular weight excluding hydrogens is 466 g/mol. The maximum absolute atomic E-state index is 15.5. The number of nitrogens with one attached hydrogen (secondary N) is 1. The highest BCUT2D eigenvalue weighted by Crippen LogP contribution is 2.32. The summed E-state index contributed by atoms with van der Waals surface area (Å²) in [6.45, 7) is 5.77. The molecule has 1 aromatic rings. The van der Waals surface area contributed by atoms with Gasteiger partial charge in [0.1, 0.15) is 0 Å². The van der Waals surface area contributed by atoms with E-state index in [1.165, 1.54) is 13.1 Å². The lowest BCUT2D eigenvalue weighted by molar-refractivity contribution is -0.137. The molecule has 0 atom stereocenters. The smallest absolute Gasteiger partial charge is 0.369 e. The molecule has 0 bridgehead atoms. The first-order valence-electron chi connectivity index (χ1n) is 11.5. The third kappa shape index (κ3) is 7.48. The average molecular weight is 498 g/mol. The van der Waals surface area contributed by atoms with Crippen LogP contribution in [0.25, 0.3) is 0 Å². The maximum Gasteiger partial charge on any atom is 0.417 e. The number of amides is 1. The van der Waals surface area contributed by atoms with Crippen LogP contribution in [-0.2, 0) is 17.5 Å². The molecule has 1 saturated heterocycles. The van der Waals surface area contributed by atoms with Gasteiger partial charge in [0.25, 0.3) is 0 Å². The molecule has 35 heavy (non-hydrogen) atoms. The standard InChI is InChI=1S/C23H31F4N7O/c1-29-21(32-11-15-7-9-33(10-8-15)14-19(28)35)20(24)22(30-2)34(18-5-6-18)13-17-4-3-16(12-31-17)23(25,26)27/h3-4,12,15,18,32H,1,5-11,13-14H2,2H3,(H2,28,35)/b21-20-,30-22?. The first-order valence-corrected chi connectivity index (χ1v) is 11.5. The number of nitrogens with two attached hydrogens (primary N) is 1. The summed E-state index contributed by atoms with van der Waals surface area (Å²) in [4.78, 5) is 26.7. The van der Waals surface area contributed by atoms with Crippen LogP contribution in [0, 0.1) is 5.92 Å². The summed E-state index contributed by atoms with van der Waals surface area (Å²) in [5.74, 6) is -0.742. The largest absolute Gasteiger partial charge is 0.417 e. The number of alkyl halides is 3. The molecule has 8 nitrogen and oxygen atoms in total. The van der Waals surface area contributed by atoms with Crippen LogP contribution < -0.4 is 11.1 Å². The summed E-state index contributed by atoms with van der Waals surface area (Å²) >= 11 is 0. The molecule has 2 heterocycles. The van der Waals surface area contributed by atoms with E-state index in [9.17, 15) is 18.0 Å². The van der Waals surface area contributed by atoms with Gasteiger partial charge in [-0.3, -0.25) is 19.7 Å². The van der Waals surface area contributed by atoms with Gasteiger partial charge in [0, 0.05) is 25.8 Å². The summed E-state index contributed by atoms with van der Waals surface area (Å²) in [5.41, 5.74) is 4.79. The van der Waals surface area contributed by atoms with E-state index in [0.717, 1.165) is 51.0 Å². The quantitative estimate of drug-likeness (QED) is 0.294. The van der Waals surface area contributed by atoms with E-state index >= 15 is 4.39 Å². The second kappa shape index (κ2) is 11.6. The van der Waals surface area contributed by atoms with E-state index in [4.69, 9.17) is 5.73 Å². The number of nitrogens with zero attached hydrogens (tertiary/aromatic N) is 5. The molecule has 3 rings (SSSR count). The summed E-state index contributed by atoms with van der Waals surface area (Å²) < 4.78 is 54.1. The predicted molar refractivity (Wildman–Crippen MR) is 125 cm³/mol. The fourth-order valence-corrected chi connectivity index (χ4v) is 4.09. The van der Waals surface area contributed by atoms with Crippen molar-refractivity contribution in [1.29, 1.82) is 0 Å². The zero-order chi connectivity index (χ0) is 25.6. The van der Waals surface area contributed by atoms with Gasteiger partial charge in [0.2, 0.25) is 11.7 Å². The fourth-order valence-electron chi connectivity index (χ4n) is 4.09. The van der Waals surface area contributed by atoms with E-state index in [-0.39, 0.29) is 42.6 Å². The van der Waals surface area contributed by atoms with Crippen molar-refractivity contribution in [2.24, 2.45) is 21.6 Å². The topological polar surface area (TPSA) is 99.2 Å². The van der Waals surface area contributed by atoms with E-state index in [1.54, 1.807) is 4.90 Å². The van der Waals surface area contributed by atoms with Crippen LogP contribution >= 0.6 is 0 Å². The minimum absolute atomic E-state index is 0.0178. The van der Waals surface area contributed by atoms with Crippen molar-refractivity contribution >= 4 is 18.5 Å². The highest BCUT2D eigenvalue weighted by molar-refractivity contribution is 5.97. The number of rotatable bonds is 10. The number of likely N-dealkylation sites (tertiary alicyclic amines) is 1. The van der Waals surface area contributed by atoms with Crippen molar-refractivity contribution in [3.05, 3.63) is 41.2 Å². The summed E-state index contributed by atoms with van der Waals surface area (Å²) in [6.07, 6.45) is -0.393.